The van der Waals surface area contributed by atoms with E-state index >= 15 is 0 Å². The van der Waals surface area contributed by atoms with Crippen LogP contribution in [0.2, 0.25) is 0 Å². The zero-order valence-corrected chi connectivity index (χ0v) is 7.08. The Morgan fingerprint density at radius 3 is 1.92 bits per heavy atom. The molecular weight excluding hydrogens is 195 g/mol. The Kier molecular flexibility index (Phi) is 2.10. The van der Waals surface area contributed by atoms with Crippen LogP contribution in [0.4, 0.5) is 22.0 Å². The summed E-state index contributed by atoms with van der Waals surface area (Å²) in [6.07, 6.45) is -5.04. The largest absolute Gasteiger partial charge is 0.423 e. The van der Waals surface area contributed by atoms with Gasteiger partial charge in [0.1, 0.15) is 0 Å². The van der Waals surface area contributed by atoms with Crippen LogP contribution >= 0.6 is 0 Å². The summed E-state index contributed by atoms with van der Waals surface area (Å²) >= 11 is 0. The van der Waals surface area contributed by atoms with E-state index in [0.717, 1.165) is 6.92 Å². The summed E-state index contributed by atoms with van der Waals surface area (Å²) < 4.78 is 66.9. The maximum Gasteiger partial charge on any atom is 0.423 e. The Bertz CT molecular complexity index is 211. The third kappa shape index (κ3) is 1.22. The van der Waals surface area contributed by atoms with E-state index in [0.29, 0.717) is 6.92 Å². The molecular formula is C7H9F5O. The molecule has 1 aliphatic rings. The average Bonchev–Trinajstić information content (AvgIpc) is 2.13. The molecule has 1 nitrogen and oxygen atoms in total. The molecule has 1 rings (SSSR count). The van der Waals surface area contributed by atoms with Crippen molar-refractivity contribution >= 4 is 0 Å². The number of hydrogen-bond donors (Lipinski definition) is 0. The van der Waals surface area contributed by atoms with E-state index in [-0.39, 0.29) is 0 Å². The minimum absolute atomic E-state index is 0.385. The Hall–Kier alpha value is -0.390. The molecule has 0 saturated carbocycles. The van der Waals surface area contributed by atoms with Gasteiger partial charge < -0.3 is 4.74 Å². The molecule has 0 amide bonds. The van der Waals surface area contributed by atoms with Gasteiger partial charge in [-0.1, -0.05) is 6.92 Å². The number of ether oxygens (including phenoxy) is 1. The van der Waals surface area contributed by atoms with E-state index in [2.05, 4.69) is 4.74 Å². The maximum atomic E-state index is 13.0. The molecule has 6 heteroatoms. The molecule has 0 aliphatic carbocycles. The van der Waals surface area contributed by atoms with Gasteiger partial charge in [-0.05, 0) is 6.92 Å². The normalized spacial score (nSPS) is 39.5. The first kappa shape index (κ1) is 10.7. The van der Waals surface area contributed by atoms with Crippen LogP contribution in [-0.2, 0) is 4.74 Å². The second kappa shape index (κ2) is 2.56. The summed E-state index contributed by atoms with van der Waals surface area (Å²) in [6.45, 7) is 0.858. The lowest BCUT2D eigenvalue weighted by Gasteiger charge is -2.32. The third-order valence-electron chi connectivity index (χ3n) is 2.42. The molecule has 0 aromatic carbocycles. The van der Waals surface area contributed by atoms with E-state index in [4.69, 9.17) is 0 Å². The fourth-order valence-corrected chi connectivity index (χ4v) is 1.23. The van der Waals surface area contributed by atoms with Crippen LogP contribution in [0.25, 0.3) is 0 Å². The van der Waals surface area contributed by atoms with Crippen molar-refractivity contribution in [2.24, 2.45) is 5.92 Å². The fraction of sp³-hybridized carbons (Fsp3) is 1.00. The zero-order valence-electron chi connectivity index (χ0n) is 7.08. The summed E-state index contributed by atoms with van der Waals surface area (Å²) in [4.78, 5) is 0. The molecule has 78 valence electrons. The lowest BCUT2D eigenvalue weighted by atomic mass is 9.91. The van der Waals surface area contributed by atoms with Crippen LogP contribution in [-0.4, -0.2) is 24.3 Å². The van der Waals surface area contributed by atoms with Gasteiger partial charge in [-0.3, -0.25) is 0 Å². The van der Waals surface area contributed by atoms with E-state index in [1.54, 1.807) is 0 Å². The molecule has 1 heterocycles. The van der Waals surface area contributed by atoms with Crippen molar-refractivity contribution in [3.05, 3.63) is 0 Å². The molecule has 0 radical (unpaired) electrons. The van der Waals surface area contributed by atoms with Crippen molar-refractivity contribution in [3.63, 3.8) is 0 Å². The summed E-state index contributed by atoms with van der Waals surface area (Å²) in [5.41, 5.74) is -3.33. The van der Waals surface area contributed by atoms with E-state index in [1.165, 1.54) is 0 Å². The van der Waals surface area contributed by atoms with Crippen molar-refractivity contribution < 1.29 is 26.7 Å². The monoisotopic (exact) mass is 204 g/mol. The van der Waals surface area contributed by atoms with Crippen LogP contribution in [0.3, 0.4) is 0 Å². The molecule has 1 saturated heterocycles. The highest BCUT2D eigenvalue weighted by Gasteiger charge is 2.72. The Morgan fingerprint density at radius 2 is 1.77 bits per heavy atom. The summed E-state index contributed by atoms with van der Waals surface area (Å²) in [5, 5.41) is 0. The molecule has 0 N–H and O–H groups in total. The smallest absolute Gasteiger partial charge is 0.360 e. The van der Waals surface area contributed by atoms with E-state index in [9.17, 15) is 22.0 Å². The van der Waals surface area contributed by atoms with Crippen LogP contribution < -0.4 is 0 Å². The molecule has 13 heavy (non-hydrogen) atoms. The summed E-state index contributed by atoms with van der Waals surface area (Å²) in [6, 6.07) is 0. The van der Waals surface area contributed by atoms with Crippen molar-refractivity contribution in [2.45, 2.75) is 31.5 Å². The van der Waals surface area contributed by atoms with Gasteiger partial charge in [-0.15, -0.1) is 0 Å². The predicted molar refractivity (Wildman–Crippen MR) is 34.5 cm³/mol. The first-order chi connectivity index (χ1) is 5.63. The lowest BCUT2D eigenvalue weighted by Crippen LogP contribution is -2.55. The van der Waals surface area contributed by atoms with Crippen molar-refractivity contribution in [1.29, 1.82) is 0 Å². The lowest BCUT2D eigenvalue weighted by molar-refractivity contribution is -0.311. The molecule has 0 bridgehead atoms. The first-order valence-electron chi connectivity index (χ1n) is 3.71. The number of alkyl halides is 5. The second-order valence-corrected chi connectivity index (χ2v) is 3.37. The minimum Gasteiger partial charge on any atom is -0.360 e. The molecule has 2 atom stereocenters. The van der Waals surface area contributed by atoms with Gasteiger partial charge in [0.25, 0.3) is 5.92 Å². The third-order valence-corrected chi connectivity index (χ3v) is 2.42. The van der Waals surface area contributed by atoms with E-state index < -0.39 is 30.2 Å². The van der Waals surface area contributed by atoms with Gasteiger partial charge in [0.15, 0.2) is 0 Å². The van der Waals surface area contributed by atoms with Gasteiger partial charge in [-0.25, -0.2) is 8.78 Å². The summed E-state index contributed by atoms with van der Waals surface area (Å²) in [5.74, 6) is -5.26. The quantitative estimate of drug-likeness (QED) is 0.551. The standard InChI is InChI=1S/C7H9F5O/c1-4-3-13-5(2,6(4,8)9)7(10,11)12/h4H,3H2,1-2H3. The number of halogens is 5. The van der Waals surface area contributed by atoms with Crippen LogP contribution in [0, 0.1) is 5.92 Å². The summed E-state index contributed by atoms with van der Waals surface area (Å²) in [7, 11) is 0. The predicted octanol–water partition coefficient (Wildman–Crippen LogP) is 2.61. The topological polar surface area (TPSA) is 9.23 Å². The zero-order chi connectivity index (χ0) is 10.5. The highest BCUT2D eigenvalue weighted by atomic mass is 19.4. The maximum absolute atomic E-state index is 13.0. The van der Waals surface area contributed by atoms with Crippen LogP contribution in [0.5, 0.6) is 0 Å². The molecule has 0 aromatic rings. The van der Waals surface area contributed by atoms with Crippen LogP contribution in [0.1, 0.15) is 13.8 Å². The minimum atomic E-state index is -5.04. The Balaban J connectivity index is 3.06. The number of rotatable bonds is 0. The van der Waals surface area contributed by atoms with E-state index in [1.807, 2.05) is 0 Å². The second-order valence-electron chi connectivity index (χ2n) is 3.37. The van der Waals surface area contributed by atoms with Gasteiger partial charge in [0, 0.05) is 5.92 Å². The van der Waals surface area contributed by atoms with Gasteiger partial charge in [-0.2, -0.15) is 13.2 Å². The Labute approximate surface area is 71.9 Å². The van der Waals surface area contributed by atoms with Gasteiger partial charge >= 0.3 is 6.18 Å². The number of hydrogen-bond acceptors (Lipinski definition) is 1. The molecule has 0 aromatic heterocycles. The van der Waals surface area contributed by atoms with Crippen molar-refractivity contribution in [1.82, 2.24) is 0 Å². The highest BCUT2D eigenvalue weighted by Crippen LogP contribution is 2.52. The fourth-order valence-electron chi connectivity index (χ4n) is 1.23. The van der Waals surface area contributed by atoms with Gasteiger partial charge in [0.05, 0.1) is 6.61 Å². The molecule has 0 spiro atoms. The Morgan fingerprint density at radius 1 is 1.31 bits per heavy atom. The van der Waals surface area contributed by atoms with Crippen molar-refractivity contribution in [3.8, 4) is 0 Å². The average molecular weight is 204 g/mol. The molecule has 2 unspecified atom stereocenters. The van der Waals surface area contributed by atoms with Crippen LogP contribution in [0.15, 0.2) is 0 Å². The first-order valence-corrected chi connectivity index (χ1v) is 3.71. The SMILES string of the molecule is CC1COC(C)(C(F)(F)F)C1(F)F. The molecule has 1 aliphatic heterocycles. The highest BCUT2D eigenvalue weighted by molar-refractivity contribution is 5.04. The van der Waals surface area contributed by atoms with Gasteiger partial charge in [0.2, 0.25) is 5.60 Å². The van der Waals surface area contributed by atoms with Crippen molar-refractivity contribution in [2.75, 3.05) is 6.61 Å². The molecule has 1 fully saturated rings.